The molecule has 4 rings (SSSR count). The first-order valence-electron chi connectivity index (χ1n) is 8.10. The van der Waals surface area contributed by atoms with Crippen molar-refractivity contribution in [3.8, 4) is 16.9 Å². The minimum absolute atomic E-state index is 1.00. The summed E-state index contributed by atoms with van der Waals surface area (Å²) < 4.78 is 4.39. The van der Waals surface area contributed by atoms with E-state index in [1.165, 1.54) is 27.5 Å². The Hall–Kier alpha value is -1.34. The zero-order valence-electron chi connectivity index (χ0n) is 13.1. The molecule has 0 atom stereocenters. The summed E-state index contributed by atoms with van der Waals surface area (Å²) in [4.78, 5) is 0. The Bertz CT molecular complexity index is 784. The van der Waals surface area contributed by atoms with Gasteiger partial charge in [0.1, 0.15) is 5.82 Å². The lowest BCUT2D eigenvalue weighted by atomic mass is 10.0. The number of hydrogen-bond acceptors (Lipinski definition) is 2. The van der Waals surface area contributed by atoms with Gasteiger partial charge in [0.15, 0.2) is 0 Å². The van der Waals surface area contributed by atoms with Crippen LogP contribution in [0.1, 0.15) is 18.4 Å². The van der Waals surface area contributed by atoms with Gasteiger partial charge in [-0.2, -0.15) is 5.10 Å². The fraction of sp³-hybridized carbons (Fsp3) is 0.211. The molecule has 122 valence electrons. The topological polar surface area (TPSA) is 29.9 Å². The van der Waals surface area contributed by atoms with Gasteiger partial charge in [0.25, 0.3) is 0 Å². The molecule has 2 heterocycles. The predicted octanol–water partition coefficient (Wildman–Crippen LogP) is 5.65. The van der Waals surface area contributed by atoms with E-state index in [1.807, 2.05) is 0 Å². The molecule has 0 unspecified atom stereocenters. The Morgan fingerprint density at radius 3 is 2.50 bits per heavy atom. The molecule has 0 bridgehead atoms. The lowest BCUT2D eigenvalue weighted by Crippen LogP contribution is -2.07. The molecule has 0 saturated carbocycles. The maximum atomic E-state index is 4.97. The Labute approximate surface area is 163 Å². The van der Waals surface area contributed by atoms with Crippen molar-refractivity contribution in [3.05, 3.63) is 62.1 Å². The highest BCUT2D eigenvalue weighted by molar-refractivity contribution is 14.1. The molecule has 1 aliphatic rings. The van der Waals surface area contributed by atoms with E-state index in [0.717, 1.165) is 34.6 Å². The van der Waals surface area contributed by atoms with Crippen molar-refractivity contribution in [2.24, 2.45) is 0 Å². The molecule has 3 nitrogen and oxygen atoms in total. The van der Waals surface area contributed by atoms with E-state index >= 15 is 0 Å². The van der Waals surface area contributed by atoms with Gasteiger partial charge >= 0.3 is 0 Å². The number of anilines is 1. The van der Waals surface area contributed by atoms with Crippen molar-refractivity contribution < 1.29 is 0 Å². The van der Waals surface area contributed by atoms with Crippen LogP contribution < -0.4 is 5.32 Å². The Morgan fingerprint density at radius 2 is 1.75 bits per heavy atom. The molecule has 0 saturated heterocycles. The van der Waals surface area contributed by atoms with Gasteiger partial charge in [0, 0.05) is 25.7 Å². The fourth-order valence-electron chi connectivity index (χ4n) is 3.11. The number of halogens is 2. The molecular weight excluding hydrogens is 477 g/mol. The van der Waals surface area contributed by atoms with Crippen LogP contribution in [0.3, 0.4) is 0 Å². The van der Waals surface area contributed by atoms with Crippen LogP contribution >= 0.6 is 38.5 Å². The molecule has 0 aliphatic carbocycles. The zero-order chi connectivity index (χ0) is 16.5. The van der Waals surface area contributed by atoms with E-state index in [9.17, 15) is 0 Å². The van der Waals surface area contributed by atoms with E-state index < -0.39 is 0 Å². The smallest absolute Gasteiger partial charge is 0.133 e. The van der Waals surface area contributed by atoms with Gasteiger partial charge in [-0.3, -0.25) is 0 Å². The first-order chi connectivity index (χ1) is 11.7. The van der Waals surface area contributed by atoms with Crippen LogP contribution in [-0.2, 0) is 6.42 Å². The normalized spacial score (nSPS) is 13.9. The van der Waals surface area contributed by atoms with Gasteiger partial charge in [-0.1, -0.05) is 28.1 Å². The number of fused-ring (bicyclic) bond motifs is 1. The molecule has 0 amide bonds. The summed E-state index contributed by atoms with van der Waals surface area (Å²) in [5, 5.41) is 8.57. The van der Waals surface area contributed by atoms with Crippen LogP contribution in [0, 0.1) is 3.57 Å². The van der Waals surface area contributed by atoms with Gasteiger partial charge in [-0.15, -0.1) is 0 Å². The quantitative estimate of drug-likeness (QED) is 0.467. The van der Waals surface area contributed by atoms with E-state index in [1.54, 1.807) is 0 Å². The van der Waals surface area contributed by atoms with Crippen LogP contribution in [-0.4, -0.2) is 16.3 Å². The standard InChI is InChI=1S/C19H17BrIN3/c20-14-6-4-13(5-7-14)18-17-3-1-2-12-22-19(17)24(23-18)16-10-8-15(21)9-11-16/h4-11,22H,1-3,12H2. The number of nitrogens with one attached hydrogen (secondary N) is 1. The highest BCUT2D eigenvalue weighted by atomic mass is 127. The van der Waals surface area contributed by atoms with Gasteiger partial charge < -0.3 is 5.32 Å². The summed E-state index contributed by atoms with van der Waals surface area (Å²) in [7, 11) is 0. The SMILES string of the molecule is Brc1ccc(-c2nn(-c3ccc(I)cc3)c3c2CCCCN3)cc1. The van der Waals surface area contributed by atoms with E-state index in [0.29, 0.717) is 0 Å². The first kappa shape index (κ1) is 16.1. The molecule has 0 fully saturated rings. The summed E-state index contributed by atoms with van der Waals surface area (Å²) in [6.45, 7) is 1.00. The average molecular weight is 494 g/mol. The molecule has 1 aromatic heterocycles. The number of rotatable bonds is 2. The molecule has 2 aromatic carbocycles. The van der Waals surface area contributed by atoms with Crippen LogP contribution in [0.5, 0.6) is 0 Å². The summed E-state index contributed by atoms with van der Waals surface area (Å²) in [5.41, 5.74) is 4.69. The summed E-state index contributed by atoms with van der Waals surface area (Å²) in [6, 6.07) is 16.9. The van der Waals surface area contributed by atoms with Crippen LogP contribution in [0.2, 0.25) is 0 Å². The number of aromatic nitrogens is 2. The molecule has 0 spiro atoms. The molecule has 1 N–H and O–H groups in total. The third-order valence-corrected chi connectivity index (χ3v) is 5.57. The third kappa shape index (κ3) is 3.11. The lowest BCUT2D eigenvalue weighted by molar-refractivity contribution is 0.780. The van der Waals surface area contributed by atoms with Crippen molar-refractivity contribution in [1.82, 2.24) is 9.78 Å². The molecule has 1 aliphatic heterocycles. The second kappa shape index (κ2) is 6.88. The minimum Gasteiger partial charge on any atom is -0.370 e. The van der Waals surface area contributed by atoms with Crippen molar-refractivity contribution in [2.75, 3.05) is 11.9 Å². The summed E-state index contributed by atoms with van der Waals surface area (Å²) in [6.07, 6.45) is 3.46. The van der Waals surface area contributed by atoms with Crippen molar-refractivity contribution >= 4 is 44.3 Å². The van der Waals surface area contributed by atoms with Crippen LogP contribution in [0.25, 0.3) is 16.9 Å². The van der Waals surface area contributed by atoms with Gasteiger partial charge in [0.2, 0.25) is 0 Å². The van der Waals surface area contributed by atoms with E-state index in [2.05, 4.69) is 97.1 Å². The third-order valence-electron chi connectivity index (χ3n) is 4.32. The molecule has 0 radical (unpaired) electrons. The van der Waals surface area contributed by atoms with E-state index in [4.69, 9.17) is 5.10 Å². The van der Waals surface area contributed by atoms with Crippen LogP contribution in [0.15, 0.2) is 53.0 Å². The minimum atomic E-state index is 1.00. The Kier molecular flexibility index (Phi) is 4.63. The second-order valence-corrected chi connectivity index (χ2v) is 8.12. The molecule has 5 heteroatoms. The van der Waals surface area contributed by atoms with Crippen molar-refractivity contribution in [3.63, 3.8) is 0 Å². The van der Waals surface area contributed by atoms with Crippen LogP contribution in [0.4, 0.5) is 5.82 Å². The largest absolute Gasteiger partial charge is 0.370 e. The maximum absolute atomic E-state index is 4.97. The highest BCUT2D eigenvalue weighted by Crippen LogP contribution is 2.34. The predicted molar refractivity (Wildman–Crippen MR) is 111 cm³/mol. The summed E-state index contributed by atoms with van der Waals surface area (Å²) >= 11 is 5.85. The Balaban J connectivity index is 1.88. The molecule has 3 aromatic rings. The lowest BCUT2D eigenvalue weighted by Gasteiger charge is -2.09. The maximum Gasteiger partial charge on any atom is 0.133 e. The van der Waals surface area contributed by atoms with Gasteiger partial charge in [0.05, 0.1) is 11.4 Å². The number of benzene rings is 2. The monoisotopic (exact) mass is 493 g/mol. The van der Waals surface area contributed by atoms with Gasteiger partial charge in [-0.05, 0) is 78.3 Å². The summed E-state index contributed by atoms with van der Waals surface area (Å²) in [5.74, 6) is 1.15. The molecular formula is C19H17BrIN3. The zero-order valence-corrected chi connectivity index (χ0v) is 16.8. The number of nitrogens with zero attached hydrogens (tertiary/aromatic N) is 2. The number of hydrogen-bond donors (Lipinski definition) is 1. The molecule has 24 heavy (non-hydrogen) atoms. The van der Waals surface area contributed by atoms with E-state index in [-0.39, 0.29) is 0 Å². The highest BCUT2D eigenvalue weighted by Gasteiger charge is 2.21. The first-order valence-corrected chi connectivity index (χ1v) is 9.97. The average Bonchev–Trinajstić information content (AvgIpc) is 2.78. The fourth-order valence-corrected chi connectivity index (χ4v) is 3.74. The second-order valence-electron chi connectivity index (χ2n) is 5.95. The van der Waals surface area contributed by atoms with Crippen molar-refractivity contribution in [1.29, 1.82) is 0 Å². The van der Waals surface area contributed by atoms with Gasteiger partial charge in [-0.25, -0.2) is 4.68 Å². The Morgan fingerprint density at radius 1 is 1.00 bits per heavy atom. The van der Waals surface area contributed by atoms with Crippen molar-refractivity contribution in [2.45, 2.75) is 19.3 Å².